The molecule has 1 fully saturated rings. The third-order valence-electron chi connectivity index (χ3n) is 4.53. The van der Waals surface area contributed by atoms with Crippen molar-refractivity contribution >= 4 is 15.9 Å². The number of likely N-dealkylation sites (tertiary alicyclic amines) is 1. The van der Waals surface area contributed by atoms with Crippen LogP contribution in [0.2, 0.25) is 0 Å². The zero-order valence-electron chi connectivity index (χ0n) is 11.4. The lowest BCUT2D eigenvalue weighted by atomic mass is 9.82. The molecule has 0 radical (unpaired) electrons. The number of alkyl halides is 1. The Morgan fingerprint density at radius 1 is 1.29 bits per heavy atom. The molecule has 0 bridgehead atoms. The van der Waals surface area contributed by atoms with Gasteiger partial charge in [0.15, 0.2) is 0 Å². The SMILES string of the molecule is CCC(CC)(CBr)CN1CCCCC1CCO. The number of aliphatic hydroxyl groups is 1. The van der Waals surface area contributed by atoms with Crippen LogP contribution in [0.3, 0.4) is 0 Å². The molecule has 17 heavy (non-hydrogen) atoms. The minimum absolute atomic E-state index is 0.334. The van der Waals surface area contributed by atoms with Gasteiger partial charge in [0.25, 0.3) is 0 Å². The van der Waals surface area contributed by atoms with E-state index in [1.54, 1.807) is 0 Å². The maximum absolute atomic E-state index is 9.17. The second-order valence-corrected chi connectivity index (χ2v) is 6.03. The summed E-state index contributed by atoms with van der Waals surface area (Å²) in [6.45, 7) is 7.35. The molecule has 2 nitrogen and oxygen atoms in total. The van der Waals surface area contributed by atoms with Gasteiger partial charge in [0.2, 0.25) is 0 Å². The Labute approximate surface area is 115 Å². The first-order valence-electron chi connectivity index (χ1n) is 7.12. The molecule has 1 atom stereocenters. The molecule has 1 N–H and O–H groups in total. The number of hydrogen-bond donors (Lipinski definition) is 1. The van der Waals surface area contributed by atoms with Crippen LogP contribution >= 0.6 is 15.9 Å². The van der Waals surface area contributed by atoms with Gasteiger partial charge in [-0.05, 0) is 44.1 Å². The fraction of sp³-hybridized carbons (Fsp3) is 1.00. The number of aliphatic hydroxyl groups excluding tert-OH is 1. The summed E-state index contributed by atoms with van der Waals surface area (Å²) in [5.41, 5.74) is 0.422. The van der Waals surface area contributed by atoms with Crippen molar-refractivity contribution in [3.8, 4) is 0 Å². The molecule has 1 rings (SSSR count). The summed E-state index contributed by atoms with van der Waals surface area (Å²) < 4.78 is 0. The first-order chi connectivity index (χ1) is 8.21. The van der Waals surface area contributed by atoms with E-state index >= 15 is 0 Å². The molecule has 0 saturated carbocycles. The van der Waals surface area contributed by atoms with Crippen molar-refractivity contribution in [1.29, 1.82) is 0 Å². The van der Waals surface area contributed by atoms with E-state index in [1.807, 2.05) is 0 Å². The van der Waals surface area contributed by atoms with Crippen LogP contribution < -0.4 is 0 Å². The monoisotopic (exact) mass is 305 g/mol. The molecule has 0 amide bonds. The van der Waals surface area contributed by atoms with Gasteiger partial charge < -0.3 is 5.11 Å². The number of piperidine rings is 1. The van der Waals surface area contributed by atoms with Crippen LogP contribution in [0.1, 0.15) is 52.4 Å². The quantitative estimate of drug-likeness (QED) is 0.729. The Morgan fingerprint density at radius 3 is 2.53 bits per heavy atom. The lowest BCUT2D eigenvalue weighted by Crippen LogP contribution is -2.46. The highest BCUT2D eigenvalue weighted by atomic mass is 79.9. The predicted molar refractivity (Wildman–Crippen MR) is 77.7 cm³/mol. The summed E-state index contributed by atoms with van der Waals surface area (Å²) >= 11 is 3.70. The summed E-state index contributed by atoms with van der Waals surface area (Å²) in [6, 6.07) is 0.616. The molecule has 102 valence electrons. The molecular formula is C14H28BrNO. The maximum Gasteiger partial charge on any atom is 0.0445 e. The van der Waals surface area contributed by atoms with Crippen LogP contribution in [0.25, 0.3) is 0 Å². The number of nitrogens with zero attached hydrogens (tertiary/aromatic N) is 1. The van der Waals surface area contributed by atoms with E-state index in [9.17, 15) is 5.11 Å². The summed E-state index contributed by atoms with van der Waals surface area (Å²) in [5, 5.41) is 10.3. The lowest BCUT2D eigenvalue weighted by Gasteiger charge is -2.42. The van der Waals surface area contributed by atoms with Gasteiger partial charge in [0, 0.05) is 24.5 Å². The zero-order valence-corrected chi connectivity index (χ0v) is 13.0. The molecule has 0 aliphatic carbocycles. The molecule has 1 aliphatic rings. The molecule has 1 heterocycles. The van der Waals surface area contributed by atoms with E-state index in [0.29, 0.717) is 18.1 Å². The summed E-state index contributed by atoms with van der Waals surface area (Å²) in [7, 11) is 0. The van der Waals surface area contributed by atoms with Gasteiger partial charge in [-0.15, -0.1) is 0 Å². The van der Waals surface area contributed by atoms with Crippen molar-refractivity contribution in [3.63, 3.8) is 0 Å². The minimum atomic E-state index is 0.334. The van der Waals surface area contributed by atoms with Crippen molar-refractivity contribution < 1.29 is 5.11 Å². The molecular weight excluding hydrogens is 278 g/mol. The second kappa shape index (κ2) is 7.75. The highest BCUT2D eigenvalue weighted by Crippen LogP contribution is 2.32. The van der Waals surface area contributed by atoms with Crippen molar-refractivity contribution in [2.24, 2.45) is 5.41 Å². The van der Waals surface area contributed by atoms with E-state index in [2.05, 4.69) is 34.7 Å². The maximum atomic E-state index is 9.17. The third-order valence-corrected chi connectivity index (χ3v) is 5.72. The summed E-state index contributed by atoms with van der Waals surface area (Å²) in [5.74, 6) is 0. The molecule has 0 aromatic heterocycles. The average Bonchev–Trinajstić information content (AvgIpc) is 2.38. The highest BCUT2D eigenvalue weighted by Gasteiger charge is 2.31. The van der Waals surface area contributed by atoms with Crippen molar-refractivity contribution in [2.75, 3.05) is 25.0 Å². The van der Waals surface area contributed by atoms with Crippen LogP contribution in [0.15, 0.2) is 0 Å². The Balaban J connectivity index is 2.61. The van der Waals surface area contributed by atoms with Crippen molar-refractivity contribution in [2.45, 2.75) is 58.4 Å². The Bertz CT molecular complexity index is 196. The molecule has 0 aromatic rings. The normalized spacial score (nSPS) is 22.9. The Morgan fingerprint density at radius 2 is 2.00 bits per heavy atom. The predicted octanol–water partition coefficient (Wildman–Crippen LogP) is 3.42. The lowest BCUT2D eigenvalue weighted by molar-refractivity contribution is 0.0709. The van der Waals surface area contributed by atoms with Crippen LogP contribution in [-0.2, 0) is 0 Å². The molecule has 1 aliphatic heterocycles. The standard InChI is InChI=1S/C14H28BrNO/c1-3-14(4-2,11-15)12-16-9-6-5-7-13(16)8-10-17/h13,17H,3-12H2,1-2H3. The van der Waals surface area contributed by atoms with Gasteiger partial charge in [-0.3, -0.25) is 4.90 Å². The number of rotatable bonds is 7. The first kappa shape index (κ1) is 15.5. The highest BCUT2D eigenvalue weighted by molar-refractivity contribution is 9.09. The van der Waals surface area contributed by atoms with Crippen molar-refractivity contribution in [3.05, 3.63) is 0 Å². The van der Waals surface area contributed by atoms with Gasteiger partial charge in [-0.25, -0.2) is 0 Å². The number of halogens is 1. The molecule has 1 saturated heterocycles. The van der Waals surface area contributed by atoms with Crippen LogP contribution in [0.4, 0.5) is 0 Å². The summed E-state index contributed by atoms with van der Waals surface area (Å²) in [4.78, 5) is 2.63. The van der Waals surface area contributed by atoms with E-state index in [1.165, 1.54) is 45.2 Å². The van der Waals surface area contributed by atoms with Crippen LogP contribution in [0.5, 0.6) is 0 Å². The van der Waals surface area contributed by atoms with E-state index in [-0.39, 0.29) is 0 Å². The smallest absolute Gasteiger partial charge is 0.0445 e. The van der Waals surface area contributed by atoms with Gasteiger partial charge in [-0.1, -0.05) is 36.2 Å². The van der Waals surface area contributed by atoms with Gasteiger partial charge in [0.05, 0.1) is 0 Å². The second-order valence-electron chi connectivity index (χ2n) is 5.47. The van der Waals surface area contributed by atoms with Crippen LogP contribution in [0, 0.1) is 5.41 Å². The fourth-order valence-electron chi connectivity index (χ4n) is 2.88. The van der Waals surface area contributed by atoms with Gasteiger partial charge in [-0.2, -0.15) is 0 Å². The molecule has 1 unspecified atom stereocenters. The van der Waals surface area contributed by atoms with E-state index in [0.717, 1.165) is 11.8 Å². The Hall–Kier alpha value is 0.400. The molecule has 0 aromatic carbocycles. The topological polar surface area (TPSA) is 23.5 Å². The van der Waals surface area contributed by atoms with Crippen molar-refractivity contribution in [1.82, 2.24) is 4.90 Å². The first-order valence-corrected chi connectivity index (χ1v) is 8.24. The zero-order chi connectivity index (χ0) is 12.7. The average molecular weight is 306 g/mol. The minimum Gasteiger partial charge on any atom is -0.396 e. The third kappa shape index (κ3) is 4.22. The fourth-order valence-corrected chi connectivity index (χ4v) is 3.85. The van der Waals surface area contributed by atoms with Gasteiger partial charge in [0.1, 0.15) is 0 Å². The molecule has 3 heteroatoms. The van der Waals surface area contributed by atoms with Crippen LogP contribution in [-0.4, -0.2) is 41.1 Å². The largest absolute Gasteiger partial charge is 0.396 e. The molecule has 0 spiro atoms. The summed E-state index contributed by atoms with van der Waals surface area (Å²) in [6.07, 6.45) is 7.35. The van der Waals surface area contributed by atoms with E-state index in [4.69, 9.17) is 0 Å². The Kier molecular flexibility index (Phi) is 7.05. The van der Waals surface area contributed by atoms with Gasteiger partial charge >= 0.3 is 0 Å². The van der Waals surface area contributed by atoms with E-state index < -0.39 is 0 Å². The number of hydrogen-bond acceptors (Lipinski definition) is 2.